The highest BCUT2D eigenvalue weighted by molar-refractivity contribution is 9.10. The molecule has 0 atom stereocenters. The van der Waals surface area contributed by atoms with Gasteiger partial charge in [-0.25, -0.2) is 4.98 Å². The molecule has 1 heterocycles. The van der Waals surface area contributed by atoms with E-state index >= 15 is 0 Å². The number of nitrogens with one attached hydrogen (secondary N) is 1. The molecule has 2 rings (SSSR count). The number of benzene rings is 1. The maximum absolute atomic E-state index is 4.56. The van der Waals surface area contributed by atoms with Crippen molar-refractivity contribution in [3.05, 3.63) is 40.1 Å². The standard InChI is InChI=1S/C15H20BrN3/c1-10(2)8-17-15-18-12(4)9-19(15)13-7-5-6-11(3)14(13)16/h5-7,9-10H,8H2,1-4H3,(H,17,18). The number of hydrogen-bond acceptors (Lipinski definition) is 2. The molecule has 0 fully saturated rings. The van der Waals surface area contributed by atoms with Crippen molar-refractivity contribution >= 4 is 21.9 Å². The van der Waals surface area contributed by atoms with Crippen LogP contribution in [0.5, 0.6) is 0 Å². The molecule has 0 spiro atoms. The minimum atomic E-state index is 0.589. The van der Waals surface area contributed by atoms with Gasteiger partial charge in [0.1, 0.15) is 0 Å². The van der Waals surface area contributed by atoms with Gasteiger partial charge in [0.05, 0.1) is 11.4 Å². The first kappa shape index (κ1) is 14.1. The lowest BCUT2D eigenvalue weighted by Gasteiger charge is -2.13. The molecule has 1 aromatic carbocycles. The molecular weight excluding hydrogens is 302 g/mol. The summed E-state index contributed by atoms with van der Waals surface area (Å²) in [6, 6.07) is 6.26. The van der Waals surface area contributed by atoms with Crippen LogP contribution in [-0.2, 0) is 0 Å². The summed E-state index contributed by atoms with van der Waals surface area (Å²) in [5.74, 6) is 1.49. The Morgan fingerprint density at radius 3 is 2.74 bits per heavy atom. The number of aromatic nitrogens is 2. The summed E-state index contributed by atoms with van der Waals surface area (Å²) < 4.78 is 3.22. The van der Waals surface area contributed by atoms with Gasteiger partial charge in [-0.15, -0.1) is 0 Å². The quantitative estimate of drug-likeness (QED) is 0.908. The average Bonchev–Trinajstić information content (AvgIpc) is 2.71. The number of rotatable bonds is 4. The molecule has 0 radical (unpaired) electrons. The third-order valence-corrected chi connectivity index (χ3v) is 3.96. The van der Waals surface area contributed by atoms with E-state index in [4.69, 9.17) is 0 Å². The lowest BCUT2D eigenvalue weighted by atomic mass is 10.2. The van der Waals surface area contributed by atoms with E-state index < -0.39 is 0 Å². The van der Waals surface area contributed by atoms with E-state index in [1.165, 1.54) is 5.56 Å². The van der Waals surface area contributed by atoms with Gasteiger partial charge < -0.3 is 5.32 Å². The van der Waals surface area contributed by atoms with Crippen LogP contribution in [0.25, 0.3) is 5.69 Å². The van der Waals surface area contributed by atoms with Crippen molar-refractivity contribution in [1.82, 2.24) is 9.55 Å². The fourth-order valence-corrected chi connectivity index (χ4v) is 2.37. The largest absolute Gasteiger partial charge is 0.355 e. The number of nitrogens with zero attached hydrogens (tertiary/aromatic N) is 2. The van der Waals surface area contributed by atoms with Gasteiger partial charge in [0.15, 0.2) is 0 Å². The molecule has 19 heavy (non-hydrogen) atoms. The lowest BCUT2D eigenvalue weighted by Crippen LogP contribution is -2.12. The zero-order valence-corrected chi connectivity index (χ0v) is 13.5. The monoisotopic (exact) mass is 321 g/mol. The molecule has 2 aromatic rings. The molecular formula is C15H20BrN3. The van der Waals surface area contributed by atoms with E-state index in [1.54, 1.807) is 0 Å². The number of hydrogen-bond donors (Lipinski definition) is 1. The first-order valence-electron chi connectivity index (χ1n) is 6.54. The predicted molar refractivity (Wildman–Crippen MR) is 84.1 cm³/mol. The van der Waals surface area contributed by atoms with E-state index in [0.29, 0.717) is 5.92 Å². The smallest absolute Gasteiger partial charge is 0.207 e. The van der Waals surface area contributed by atoms with Gasteiger partial charge in [-0.3, -0.25) is 4.57 Å². The van der Waals surface area contributed by atoms with Crippen LogP contribution in [0.2, 0.25) is 0 Å². The van der Waals surface area contributed by atoms with Gasteiger partial charge >= 0.3 is 0 Å². The normalized spacial score (nSPS) is 11.1. The minimum Gasteiger partial charge on any atom is -0.355 e. The Labute approximate surface area is 123 Å². The summed E-state index contributed by atoms with van der Waals surface area (Å²) in [7, 11) is 0. The molecule has 0 saturated heterocycles. The summed E-state index contributed by atoms with van der Waals surface area (Å²) in [6.45, 7) is 9.41. The highest BCUT2D eigenvalue weighted by Gasteiger charge is 2.11. The van der Waals surface area contributed by atoms with Crippen LogP contribution in [0, 0.1) is 19.8 Å². The van der Waals surface area contributed by atoms with Crippen molar-refractivity contribution in [3.8, 4) is 5.69 Å². The molecule has 0 aliphatic carbocycles. The van der Waals surface area contributed by atoms with E-state index in [1.807, 2.05) is 6.92 Å². The zero-order valence-electron chi connectivity index (χ0n) is 11.9. The maximum Gasteiger partial charge on any atom is 0.207 e. The number of halogens is 1. The first-order valence-corrected chi connectivity index (χ1v) is 7.33. The van der Waals surface area contributed by atoms with E-state index in [-0.39, 0.29) is 0 Å². The summed E-state index contributed by atoms with van der Waals surface area (Å²) in [4.78, 5) is 4.56. The molecule has 0 unspecified atom stereocenters. The molecule has 0 aliphatic rings. The van der Waals surface area contributed by atoms with Gasteiger partial charge in [0.2, 0.25) is 5.95 Å². The fraction of sp³-hybridized carbons (Fsp3) is 0.400. The molecule has 0 saturated carbocycles. The van der Waals surface area contributed by atoms with Gasteiger partial charge in [0.25, 0.3) is 0 Å². The Bertz CT molecular complexity index is 573. The Morgan fingerprint density at radius 1 is 1.32 bits per heavy atom. The third-order valence-electron chi connectivity index (χ3n) is 2.93. The van der Waals surface area contributed by atoms with Gasteiger partial charge in [-0.05, 0) is 47.3 Å². The SMILES string of the molecule is Cc1cn(-c2cccc(C)c2Br)c(NCC(C)C)n1. The molecule has 1 aromatic heterocycles. The summed E-state index contributed by atoms with van der Waals surface area (Å²) >= 11 is 3.66. The highest BCUT2D eigenvalue weighted by Crippen LogP contribution is 2.27. The van der Waals surface area contributed by atoms with Crippen LogP contribution in [0.3, 0.4) is 0 Å². The molecule has 3 nitrogen and oxygen atoms in total. The van der Waals surface area contributed by atoms with Crippen LogP contribution >= 0.6 is 15.9 Å². The summed E-state index contributed by atoms with van der Waals surface area (Å²) in [5, 5.41) is 3.41. The lowest BCUT2D eigenvalue weighted by molar-refractivity contribution is 0.683. The van der Waals surface area contributed by atoms with Crippen molar-refractivity contribution < 1.29 is 0 Å². The van der Waals surface area contributed by atoms with Gasteiger partial charge in [0, 0.05) is 17.2 Å². The number of imidazole rings is 1. The molecule has 1 N–H and O–H groups in total. The van der Waals surface area contributed by atoms with E-state index in [9.17, 15) is 0 Å². The molecule has 102 valence electrons. The minimum absolute atomic E-state index is 0.589. The second-order valence-corrected chi connectivity index (χ2v) is 6.05. The van der Waals surface area contributed by atoms with Crippen molar-refractivity contribution in [1.29, 1.82) is 0 Å². The third kappa shape index (κ3) is 3.18. The van der Waals surface area contributed by atoms with Crippen LogP contribution in [0.1, 0.15) is 25.1 Å². The maximum atomic E-state index is 4.56. The van der Waals surface area contributed by atoms with Gasteiger partial charge in [-0.2, -0.15) is 0 Å². The first-order chi connectivity index (χ1) is 8.99. The van der Waals surface area contributed by atoms with Crippen LogP contribution in [0.15, 0.2) is 28.9 Å². The van der Waals surface area contributed by atoms with Crippen LogP contribution < -0.4 is 5.32 Å². The van der Waals surface area contributed by atoms with Crippen molar-refractivity contribution in [2.24, 2.45) is 5.92 Å². The van der Waals surface area contributed by atoms with E-state index in [0.717, 1.165) is 28.3 Å². The molecule has 0 bridgehead atoms. The number of anilines is 1. The number of aryl methyl sites for hydroxylation is 2. The van der Waals surface area contributed by atoms with Crippen molar-refractivity contribution in [2.45, 2.75) is 27.7 Å². The van der Waals surface area contributed by atoms with Crippen molar-refractivity contribution in [2.75, 3.05) is 11.9 Å². The van der Waals surface area contributed by atoms with Crippen molar-refractivity contribution in [3.63, 3.8) is 0 Å². The predicted octanol–water partition coefficient (Wildman–Crippen LogP) is 4.32. The molecule has 0 aliphatic heterocycles. The average molecular weight is 322 g/mol. The second kappa shape index (κ2) is 5.78. The van der Waals surface area contributed by atoms with Crippen LogP contribution in [-0.4, -0.2) is 16.1 Å². The van der Waals surface area contributed by atoms with E-state index in [2.05, 4.69) is 76.0 Å². The Kier molecular flexibility index (Phi) is 4.30. The second-order valence-electron chi connectivity index (χ2n) is 5.26. The fourth-order valence-electron chi connectivity index (χ4n) is 1.92. The molecule has 0 amide bonds. The Hall–Kier alpha value is -1.29. The summed E-state index contributed by atoms with van der Waals surface area (Å²) in [5.41, 5.74) is 3.35. The Balaban J connectivity index is 2.41. The highest BCUT2D eigenvalue weighted by atomic mass is 79.9. The van der Waals surface area contributed by atoms with Gasteiger partial charge in [-0.1, -0.05) is 26.0 Å². The molecule has 4 heteroatoms. The summed E-state index contributed by atoms with van der Waals surface area (Å²) in [6.07, 6.45) is 2.06. The van der Waals surface area contributed by atoms with Crippen LogP contribution in [0.4, 0.5) is 5.95 Å². The Morgan fingerprint density at radius 2 is 2.05 bits per heavy atom. The zero-order chi connectivity index (χ0) is 14.0. The topological polar surface area (TPSA) is 29.9 Å².